The summed E-state index contributed by atoms with van der Waals surface area (Å²) in [5.41, 5.74) is 0.677. The minimum atomic E-state index is -0.140. The highest BCUT2D eigenvalue weighted by Gasteiger charge is 2.07. The van der Waals surface area contributed by atoms with Crippen LogP contribution in [-0.2, 0) is 6.54 Å². The van der Waals surface area contributed by atoms with Crippen LogP contribution in [0.5, 0.6) is 0 Å². The van der Waals surface area contributed by atoms with E-state index in [9.17, 15) is 4.79 Å². The predicted octanol–water partition coefficient (Wildman–Crippen LogP) is 0.641. The van der Waals surface area contributed by atoms with E-state index in [1.165, 1.54) is 16.0 Å². The van der Waals surface area contributed by atoms with E-state index in [0.717, 1.165) is 22.4 Å². The first kappa shape index (κ1) is 13.5. The number of nitrogens with one attached hydrogen (secondary N) is 1. The molecule has 0 saturated carbocycles. The third-order valence-electron chi connectivity index (χ3n) is 2.74. The average Bonchev–Trinajstić information content (AvgIpc) is 2.88. The number of nitrogens with zero attached hydrogens (tertiary/aromatic N) is 5. The lowest BCUT2D eigenvalue weighted by Gasteiger charge is -2.15. The molecule has 8 heteroatoms. The van der Waals surface area contributed by atoms with Gasteiger partial charge in [-0.3, -0.25) is 4.79 Å². The van der Waals surface area contributed by atoms with Crippen LogP contribution < -0.4 is 15.8 Å². The first-order valence-corrected chi connectivity index (χ1v) is 6.74. The minimum Gasteiger partial charge on any atom is -0.373 e. The largest absolute Gasteiger partial charge is 0.373 e. The van der Waals surface area contributed by atoms with Crippen LogP contribution in [0.1, 0.15) is 11.9 Å². The molecule has 0 bridgehead atoms. The number of anilines is 2. The highest BCUT2D eigenvalue weighted by molar-refractivity contribution is 7.15. The van der Waals surface area contributed by atoms with Crippen LogP contribution in [-0.4, -0.2) is 40.6 Å². The quantitative estimate of drug-likeness (QED) is 0.866. The van der Waals surface area contributed by atoms with Crippen molar-refractivity contribution >= 4 is 22.2 Å². The second kappa shape index (κ2) is 5.79. The van der Waals surface area contributed by atoms with E-state index in [1.54, 1.807) is 19.3 Å². The van der Waals surface area contributed by atoms with E-state index in [-0.39, 0.29) is 5.56 Å². The van der Waals surface area contributed by atoms with Crippen LogP contribution in [0.4, 0.5) is 10.8 Å². The Labute approximate surface area is 114 Å². The Bertz CT molecular complexity index is 607. The summed E-state index contributed by atoms with van der Waals surface area (Å²) >= 11 is 1.41. The minimum absolute atomic E-state index is 0.140. The molecule has 0 aliphatic heterocycles. The van der Waals surface area contributed by atoms with Gasteiger partial charge in [-0.25, -0.2) is 4.68 Å². The Kier molecular flexibility index (Phi) is 4.10. The molecular formula is C11H16N6OS. The van der Waals surface area contributed by atoms with Gasteiger partial charge in [0.2, 0.25) is 5.13 Å². The van der Waals surface area contributed by atoms with Crippen LogP contribution in [0.2, 0.25) is 0 Å². The number of aromatic nitrogens is 4. The Hall–Kier alpha value is -1.96. The molecule has 0 aliphatic carbocycles. The molecule has 7 nitrogen and oxygen atoms in total. The maximum Gasteiger partial charge on any atom is 0.269 e. The van der Waals surface area contributed by atoms with Gasteiger partial charge in [0.05, 0.1) is 18.4 Å². The molecule has 0 unspecified atom stereocenters. The monoisotopic (exact) mass is 280 g/mol. The summed E-state index contributed by atoms with van der Waals surface area (Å²) in [5.74, 6) is 0. The predicted molar refractivity (Wildman–Crippen MR) is 76.0 cm³/mol. The standard InChI is InChI=1S/C11H16N6OS/c1-4-16(3)8-5-10(18)17(13-6-8)7-9-14-15-11(12-2)19-9/h5-6H,4,7H2,1-3H3,(H,12,15). The van der Waals surface area contributed by atoms with Crippen molar-refractivity contribution in [2.45, 2.75) is 13.5 Å². The molecule has 0 fully saturated rings. The van der Waals surface area contributed by atoms with Gasteiger partial charge in [0.25, 0.3) is 5.56 Å². The van der Waals surface area contributed by atoms with Crippen molar-refractivity contribution in [3.8, 4) is 0 Å². The second-order valence-electron chi connectivity index (χ2n) is 3.97. The first-order valence-electron chi connectivity index (χ1n) is 5.92. The fraction of sp³-hybridized carbons (Fsp3) is 0.455. The molecule has 102 valence electrons. The average molecular weight is 280 g/mol. The molecule has 0 saturated heterocycles. The van der Waals surface area contributed by atoms with E-state index in [2.05, 4.69) is 20.6 Å². The van der Waals surface area contributed by atoms with Crippen LogP contribution >= 0.6 is 11.3 Å². The fourth-order valence-corrected chi connectivity index (χ4v) is 2.16. The van der Waals surface area contributed by atoms with Crippen molar-refractivity contribution in [2.75, 3.05) is 30.9 Å². The summed E-state index contributed by atoms with van der Waals surface area (Å²) in [5, 5.41) is 16.5. The topological polar surface area (TPSA) is 75.9 Å². The van der Waals surface area contributed by atoms with Gasteiger partial charge < -0.3 is 10.2 Å². The van der Waals surface area contributed by atoms with Crippen LogP contribution in [0.3, 0.4) is 0 Å². The second-order valence-corrected chi connectivity index (χ2v) is 5.04. The molecule has 0 atom stereocenters. The summed E-state index contributed by atoms with van der Waals surface area (Å²) < 4.78 is 1.38. The van der Waals surface area contributed by atoms with Crippen molar-refractivity contribution in [1.82, 2.24) is 20.0 Å². The van der Waals surface area contributed by atoms with Crippen LogP contribution in [0.15, 0.2) is 17.1 Å². The fourth-order valence-electron chi connectivity index (χ4n) is 1.48. The Balaban J connectivity index is 2.19. The van der Waals surface area contributed by atoms with Crippen molar-refractivity contribution < 1.29 is 0 Å². The van der Waals surface area contributed by atoms with Gasteiger partial charge in [0, 0.05) is 26.7 Å². The van der Waals surface area contributed by atoms with E-state index in [4.69, 9.17) is 0 Å². The molecule has 0 aliphatic rings. The summed E-state index contributed by atoms with van der Waals surface area (Å²) in [4.78, 5) is 13.9. The lowest BCUT2D eigenvalue weighted by Crippen LogP contribution is -2.25. The number of hydrogen-bond acceptors (Lipinski definition) is 7. The van der Waals surface area contributed by atoms with E-state index in [0.29, 0.717) is 6.54 Å². The van der Waals surface area contributed by atoms with Crippen LogP contribution in [0, 0.1) is 0 Å². The smallest absolute Gasteiger partial charge is 0.269 e. The molecule has 2 rings (SSSR count). The molecule has 0 amide bonds. The third kappa shape index (κ3) is 3.08. The maximum absolute atomic E-state index is 12.0. The van der Waals surface area contributed by atoms with Crippen molar-refractivity contribution in [3.63, 3.8) is 0 Å². The van der Waals surface area contributed by atoms with E-state index < -0.39 is 0 Å². The maximum atomic E-state index is 12.0. The Morgan fingerprint density at radius 2 is 2.26 bits per heavy atom. The summed E-state index contributed by atoms with van der Waals surface area (Å²) in [7, 11) is 3.70. The molecule has 19 heavy (non-hydrogen) atoms. The van der Waals surface area contributed by atoms with Gasteiger partial charge in [-0.05, 0) is 6.92 Å². The zero-order valence-electron chi connectivity index (χ0n) is 11.1. The van der Waals surface area contributed by atoms with Crippen molar-refractivity contribution in [3.05, 3.63) is 27.6 Å². The molecule has 2 aromatic rings. The first-order chi connectivity index (χ1) is 9.13. The van der Waals surface area contributed by atoms with Gasteiger partial charge in [-0.2, -0.15) is 5.10 Å². The molecule has 0 aromatic carbocycles. The summed E-state index contributed by atoms with van der Waals surface area (Å²) in [6.07, 6.45) is 1.69. The molecule has 0 spiro atoms. The van der Waals surface area contributed by atoms with Gasteiger partial charge in [-0.15, -0.1) is 10.2 Å². The molecular weight excluding hydrogens is 264 g/mol. The Morgan fingerprint density at radius 1 is 1.47 bits per heavy atom. The third-order valence-corrected chi connectivity index (χ3v) is 3.66. The van der Waals surface area contributed by atoms with E-state index in [1.807, 2.05) is 18.9 Å². The van der Waals surface area contributed by atoms with E-state index >= 15 is 0 Å². The van der Waals surface area contributed by atoms with Gasteiger partial charge >= 0.3 is 0 Å². The van der Waals surface area contributed by atoms with Crippen molar-refractivity contribution in [2.24, 2.45) is 0 Å². The SMILES string of the molecule is CCN(C)c1cnn(Cc2nnc(NC)s2)c(=O)c1. The molecule has 2 heterocycles. The Morgan fingerprint density at radius 3 is 2.84 bits per heavy atom. The van der Waals surface area contributed by atoms with Gasteiger partial charge in [-0.1, -0.05) is 11.3 Å². The molecule has 0 radical (unpaired) electrons. The van der Waals surface area contributed by atoms with Crippen LogP contribution in [0.25, 0.3) is 0 Å². The zero-order chi connectivity index (χ0) is 13.8. The zero-order valence-corrected chi connectivity index (χ0v) is 11.9. The summed E-state index contributed by atoms with van der Waals surface area (Å²) in [6, 6.07) is 1.58. The highest BCUT2D eigenvalue weighted by Crippen LogP contribution is 2.14. The number of rotatable bonds is 5. The summed E-state index contributed by atoms with van der Waals surface area (Å²) in [6.45, 7) is 3.19. The number of hydrogen-bond donors (Lipinski definition) is 1. The lowest BCUT2D eigenvalue weighted by atomic mass is 10.4. The molecule has 2 aromatic heterocycles. The van der Waals surface area contributed by atoms with Gasteiger partial charge in [0.15, 0.2) is 0 Å². The normalized spacial score (nSPS) is 10.5. The molecule has 1 N–H and O–H groups in total. The van der Waals surface area contributed by atoms with Gasteiger partial charge in [0.1, 0.15) is 5.01 Å². The van der Waals surface area contributed by atoms with Crippen molar-refractivity contribution in [1.29, 1.82) is 0 Å². The lowest BCUT2D eigenvalue weighted by molar-refractivity contribution is 0.631. The highest BCUT2D eigenvalue weighted by atomic mass is 32.1.